The van der Waals surface area contributed by atoms with E-state index in [1.807, 2.05) is 27.7 Å². The molecule has 6 heteroatoms. The summed E-state index contributed by atoms with van der Waals surface area (Å²) in [5.74, 6) is 0. The smallest absolute Gasteiger partial charge is 0.303 e. The first-order valence-corrected chi connectivity index (χ1v) is 8.35. The van der Waals surface area contributed by atoms with E-state index in [1.54, 1.807) is 0 Å². The van der Waals surface area contributed by atoms with Crippen molar-refractivity contribution in [1.29, 1.82) is 10.5 Å². The van der Waals surface area contributed by atoms with Gasteiger partial charge in [0.2, 0.25) is 0 Å². The highest BCUT2D eigenvalue weighted by molar-refractivity contribution is 7.33. The van der Waals surface area contributed by atoms with E-state index < -0.39 is 19.5 Å². The molecule has 0 spiro atoms. The number of rotatable bonds is 10. The zero-order chi connectivity index (χ0) is 15.6. The SMILES string of the molecule is CCC(CC)(CC#N)O[PH](=O)OC(CC)(CC)CC#N. The molecule has 0 fully saturated rings. The van der Waals surface area contributed by atoms with Gasteiger partial charge in [0.1, 0.15) is 0 Å². The van der Waals surface area contributed by atoms with Gasteiger partial charge in [0.25, 0.3) is 0 Å². The molecular formula is C14H25N2O3P. The van der Waals surface area contributed by atoms with Crippen molar-refractivity contribution in [2.45, 2.75) is 77.4 Å². The van der Waals surface area contributed by atoms with Crippen molar-refractivity contribution in [2.75, 3.05) is 0 Å². The van der Waals surface area contributed by atoms with Gasteiger partial charge in [0.15, 0.2) is 0 Å². The number of nitrogens with zero attached hydrogens (tertiary/aromatic N) is 2. The van der Waals surface area contributed by atoms with Gasteiger partial charge in [-0.25, -0.2) is 0 Å². The maximum absolute atomic E-state index is 12.2. The van der Waals surface area contributed by atoms with E-state index in [2.05, 4.69) is 12.1 Å². The summed E-state index contributed by atoms with van der Waals surface area (Å²) in [5, 5.41) is 17.8. The number of hydrogen-bond donors (Lipinski definition) is 0. The second kappa shape index (κ2) is 9.14. The van der Waals surface area contributed by atoms with Gasteiger partial charge in [-0.05, 0) is 25.7 Å². The van der Waals surface area contributed by atoms with Crippen molar-refractivity contribution in [1.82, 2.24) is 0 Å². The highest BCUT2D eigenvalue weighted by atomic mass is 31.1. The third-order valence-corrected chi connectivity index (χ3v) is 5.18. The summed E-state index contributed by atoms with van der Waals surface area (Å²) in [5.41, 5.74) is -1.44. The lowest BCUT2D eigenvalue weighted by Gasteiger charge is -2.33. The fourth-order valence-electron chi connectivity index (χ4n) is 2.02. The molecule has 0 aromatic heterocycles. The third-order valence-electron chi connectivity index (χ3n) is 3.98. The Bertz CT molecular complexity index is 354. The molecule has 0 atom stereocenters. The summed E-state index contributed by atoms with van der Waals surface area (Å²) >= 11 is 0. The summed E-state index contributed by atoms with van der Waals surface area (Å²) in [6.45, 7) is 7.60. The van der Waals surface area contributed by atoms with Crippen LogP contribution in [-0.2, 0) is 13.6 Å². The fourth-order valence-corrected chi connectivity index (χ4v) is 3.49. The van der Waals surface area contributed by atoms with Gasteiger partial charge in [-0.2, -0.15) is 10.5 Å². The van der Waals surface area contributed by atoms with Gasteiger partial charge in [-0.15, -0.1) is 0 Å². The minimum absolute atomic E-state index is 0.184. The number of nitriles is 2. The Morgan fingerprint density at radius 2 is 1.15 bits per heavy atom. The molecule has 0 N–H and O–H groups in total. The van der Waals surface area contributed by atoms with Crippen LogP contribution in [0.1, 0.15) is 66.2 Å². The van der Waals surface area contributed by atoms with Crippen molar-refractivity contribution in [3.8, 4) is 12.1 Å². The molecule has 114 valence electrons. The monoisotopic (exact) mass is 300 g/mol. The maximum atomic E-state index is 12.2. The second-order valence-corrected chi connectivity index (χ2v) is 5.81. The molecule has 0 unspecified atom stereocenters. The van der Waals surface area contributed by atoms with Gasteiger partial charge in [0, 0.05) is 0 Å². The van der Waals surface area contributed by atoms with Crippen LogP contribution in [0.2, 0.25) is 0 Å². The van der Waals surface area contributed by atoms with Crippen molar-refractivity contribution < 1.29 is 13.6 Å². The van der Waals surface area contributed by atoms with E-state index in [9.17, 15) is 4.57 Å². The first-order chi connectivity index (χ1) is 9.46. The quantitative estimate of drug-likeness (QED) is 0.560. The topological polar surface area (TPSA) is 83.1 Å². The van der Waals surface area contributed by atoms with Crippen LogP contribution >= 0.6 is 8.25 Å². The maximum Gasteiger partial charge on any atom is 0.320 e. The third kappa shape index (κ3) is 5.25. The van der Waals surface area contributed by atoms with Crippen LogP contribution in [0, 0.1) is 22.7 Å². The van der Waals surface area contributed by atoms with E-state index in [4.69, 9.17) is 19.6 Å². The first-order valence-electron chi connectivity index (χ1n) is 7.12. The minimum Gasteiger partial charge on any atom is -0.303 e. The largest absolute Gasteiger partial charge is 0.320 e. The van der Waals surface area contributed by atoms with Crippen LogP contribution in [0.3, 0.4) is 0 Å². The van der Waals surface area contributed by atoms with Crippen LogP contribution in [0.5, 0.6) is 0 Å². The highest BCUT2D eigenvalue weighted by Crippen LogP contribution is 2.43. The lowest BCUT2D eigenvalue weighted by atomic mass is 9.94. The van der Waals surface area contributed by atoms with E-state index in [0.29, 0.717) is 25.7 Å². The molecule has 0 rings (SSSR count). The van der Waals surface area contributed by atoms with E-state index in [-0.39, 0.29) is 12.8 Å². The summed E-state index contributed by atoms with van der Waals surface area (Å²) in [6, 6.07) is 4.15. The van der Waals surface area contributed by atoms with Gasteiger partial charge in [0.05, 0.1) is 36.2 Å². The second-order valence-electron chi connectivity index (χ2n) is 4.90. The molecule has 0 radical (unpaired) electrons. The normalized spacial score (nSPS) is 12.2. The predicted molar refractivity (Wildman–Crippen MR) is 78.3 cm³/mol. The lowest BCUT2D eigenvalue weighted by Crippen LogP contribution is -2.31. The standard InChI is InChI=1S/C14H25N2O3P/c1-5-13(6-2,9-11-15)18-20(17)19-14(7-3,8-4)10-12-16/h20H,5-10H2,1-4H3. The predicted octanol–water partition coefficient (Wildman–Crippen LogP) is 4.35. The Labute approximate surface area is 122 Å². The van der Waals surface area contributed by atoms with Crippen LogP contribution < -0.4 is 0 Å². The Balaban J connectivity index is 4.91. The lowest BCUT2D eigenvalue weighted by molar-refractivity contribution is 0.00726. The molecule has 0 aromatic rings. The fraction of sp³-hybridized carbons (Fsp3) is 0.857. The van der Waals surface area contributed by atoms with E-state index in [1.165, 1.54) is 0 Å². The van der Waals surface area contributed by atoms with Crippen LogP contribution in [0.4, 0.5) is 0 Å². The van der Waals surface area contributed by atoms with Gasteiger partial charge in [-0.3, -0.25) is 4.57 Å². The van der Waals surface area contributed by atoms with Gasteiger partial charge < -0.3 is 9.05 Å². The first kappa shape index (κ1) is 19.1. The van der Waals surface area contributed by atoms with Crippen molar-refractivity contribution in [3.05, 3.63) is 0 Å². The molecule has 0 heterocycles. The van der Waals surface area contributed by atoms with Crippen molar-refractivity contribution in [3.63, 3.8) is 0 Å². The molecule has 0 aliphatic heterocycles. The van der Waals surface area contributed by atoms with Crippen molar-refractivity contribution >= 4 is 8.25 Å². The number of hydrogen-bond acceptors (Lipinski definition) is 5. The average Bonchev–Trinajstić information content (AvgIpc) is 2.46. The molecule has 0 amide bonds. The Hall–Kier alpha value is -0.870. The molecule has 0 saturated carbocycles. The zero-order valence-electron chi connectivity index (χ0n) is 12.9. The van der Waals surface area contributed by atoms with Crippen molar-refractivity contribution in [2.24, 2.45) is 0 Å². The summed E-state index contributed by atoms with van der Waals surface area (Å²) in [6.07, 6.45) is 2.76. The summed E-state index contributed by atoms with van der Waals surface area (Å²) in [7, 11) is -2.75. The van der Waals surface area contributed by atoms with Crippen LogP contribution in [-0.4, -0.2) is 11.2 Å². The summed E-state index contributed by atoms with van der Waals surface area (Å²) in [4.78, 5) is 0. The molecule has 0 aliphatic rings. The molecule has 0 bridgehead atoms. The Kier molecular flexibility index (Phi) is 8.74. The highest BCUT2D eigenvalue weighted by Gasteiger charge is 2.34. The zero-order valence-corrected chi connectivity index (χ0v) is 13.9. The Morgan fingerprint density at radius 3 is 1.35 bits per heavy atom. The molecule has 20 heavy (non-hydrogen) atoms. The van der Waals surface area contributed by atoms with E-state index >= 15 is 0 Å². The average molecular weight is 300 g/mol. The molecule has 5 nitrogen and oxygen atoms in total. The molecule has 0 aromatic carbocycles. The molecule has 0 saturated heterocycles. The van der Waals surface area contributed by atoms with Gasteiger partial charge >= 0.3 is 8.25 Å². The molecule has 0 aliphatic carbocycles. The summed E-state index contributed by atoms with van der Waals surface area (Å²) < 4.78 is 23.3. The minimum atomic E-state index is -2.75. The van der Waals surface area contributed by atoms with Gasteiger partial charge in [-0.1, -0.05) is 27.7 Å². The van der Waals surface area contributed by atoms with Crippen LogP contribution in [0.25, 0.3) is 0 Å². The molecular weight excluding hydrogens is 275 g/mol. The van der Waals surface area contributed by atoms with Crippen LogP contribution in [0.15, 0.2) is 0 Å². The van der Waals surface area contributed by atoms with E-state index in [0.717, 1.165) is 0 Å². The Morgan fingerprint density at radius 1 is 0.850 bits per heavy atom.